The number of piperidine rings is 1. The van der Waals surface area contributed by atoms with Crippen LogP contribution in [0.5, 0.6) is 0 Å². The highest BCUT2D eigenvalue weighted by Gasteiger charge is 2.22. The largest absolute Gasteiger partial charge is 0.369 e. The number of nitrogens with zero attached hydrogens (tertiary/aromatic N) is 2. The highest BCUT2D eigenvalue weighted by Crippen LogP contribution is 2.16. The second-order valence-corrected chi connectivity index (χ2v) is 7.45. The Bertz CT molecular complexity index is 389. The number of unbranched alkanes of at least 4 members (excludes halogenated alkanes) is 1. The molecule has 0 bridgehead atoms. The minimum Gasteiger partial charge on any atom is -0.369 e. The van der Waals surface area contributed by atoms with E-state index in [4.69, 9.17) is 5.73 Å². The highest BCUT2D eigenvalue weighted by molar-refractivity contribution is 5.79. The van der Waals surface area contributed by atoms with Crippen LogP contribution in [0.3, 0.4) is 0 Å². The summed E-state index contributed by atoms with van der Waals surface area (Å²) < 4.78 is 0. The zero-order valence-corrected chi connectivity index (χ0v) is 16.5. The Labute approximate surface area is 154 Å². The highest BCUT2D eigenvalue weighted by atomic mass is 16.1. The van der Waals surface area contributed by atoms with Crippen LogP contribution in [0, 0.1) is 11.8 Å². The SMILES string of the molecule is CCNC(=NCCCC(C)C)NCCCCN1CCC(C(N)=O)CC1. The van der Waals surface area contributed by atoms with Crippen LogP contribution in [0.4, 0.5) is 0 Å². The van der Waals surface area contributed by atoms with Gasteiger partial charge >= 0.3 is 0 Å². The molecule has 1 saturated heterocycles. The van der Waals surface area contributed by atoms with E-state index in [1.54, 1.807) is 0 Å². The number of aliphatic imine (C=N–C) groups is 1. The zero-order valence-electron chi connectivity index (χ0n) is 16.5. The summed E-state index contributed by atoms with van der Waals surface area (Å²) in [7, 11) is 0. The minimum absolute atomic E-state index is 0.0903. The molecule has 1 heterocycles. The molecule has 4 N–H and O–H groups in total. The third-order valence-corrected chi connectivity index (χ3v) is 4.74. The second-order valence-electron chi connectivity index (χ2n) is 7.45. The van der Waals surface area contributed by atoms with E-state index in [1.807, 2.05) is 0 Å². The van der Waals surface area contributed by atoms with Gasteiger partial charge in [0.25, 0.3) is 0 Å². The van der Waals surface area contributed by atoms with E-state index in [0.717, 1.165) is 76.8 Å². The number of amides is 1. The third kappa shape index (κ3) is 10.3. The number of rotatable bonds is 11. The summed E-state index contributed by atoms with van der Waals surface area (Å²) in [6.45, 7) is 12.5. The van der Waals surface area contributed by atoms with Crippen LogP contribution in [0.1, 0.15) is 59.3 Å². The van der Waals surface area contributed by atoms with Gasteiger partial charge in [0.15, 0.2) is 5.96 Å². The number of nitrogens with one attached hydrogen (secondary N) is 2. The molecular formula is C19H39N5O. The standard InChI is InChI=1S/C19H39N5O/c1-4-21-19(23-12-7-8-16(2)3)22-11-5-6-13-24-14-9-17(10-15-24)18(20)25/h16-17H,4-15H2,1-3H3,(H2,20,25)(H2,21,22,23). The molecule has 0 aromatic heterocycles. The minimum atomic E-state index is -0.132. The summed E-state index contributed by atoms with van der Waals surface area (Å²) in [4.78, 5) is 18.3. The lowest BCUT2D eigenvalue weighted by atomic mass is 9.96. The molecule has 1 amide bonds. The number of likely N-dealkylation sites (tertiary alicyclic amines) is 1. The molecule has 0 aromatic rings. The van der Waals surface area contributed by atoms with Crippen LogP contribution < -0.4 is 16.4 Å². The number of carbonyl (C=O) groups is 1. The van der Waals surface area contributed by atoms with E-state index in [2.05, 4.69) is 41.3 Å². The fourth-order valence-corrected chi connectivity index (χ4v) is 3.14. The number of nitrogens with two attached hydrogens (primary N) is 1. The fourth-order valence-electron chi connectivity index (χ4n) is 3.14. The quantitative estimate of drug-likeness (QED) is 0.301. The molecule has 0 unspecified atom stereocenters. The first-order valence-corrected chi connectivity index (χ1v) is 10.1. The van der Waals surface area contributed by atoms with Gasteiger partial charge in [0.05, 0.1) is 0 Å². The molecule has 1 aliphatic rings. The normalized spacial score (nSPS) is 17.0. The Hall–Kier alpha value is -1.30. The molecule has 1 rings (SSSR count). The van der Waals surface area contributed by atoms with Crippen molar-refractivity contribution in [2.24, 2.45) is 22.6 Å². The average molecular weight is 354 g/mol. The summed E-state index contributed by atoms with van der Waals surface area (Å²) in [5.41, 5.74) is 5.38. The van der Waals surface area contributed by atoms with Gasteiger partial charge < -0.3 is 21.3 Å². The summed E-state index contributed by atoms with van der Waals surface area (Å²) in [5, 5.41) is 6.74. The van der Waals surface area contributed by atoms with Crippen molar-refractivity contribution < 1.29 is 4.79 Å². The maximum Gasteiger partial charge on any atom is 0.220 e. The first-order chi connectivity index (χ1) is 12.0. The molecule has 0 radical (unpaired) electrons. The van der Waals surface area contributed by atoms with Gasteiger partial charge in [-0.05, 0) is 71.0 Å². The third-order valence-electron chi connectivity index (χ3n) is 4.74. The summed E-state index contributed by atoms with van der Waals surface area (Å²) in [6.07, 6.45) is 6.51. The monoisotopic (exact) mass is 353 g/mol. The van der Waals surface area contributed by atoms with E-state index >= 15 is 0 Å². The van der Waals surface area contributed by atoms with Crippen molar-refractivity contribution in [3.05, 3.63) is 0 Å². The lowest BCUT2D eigenvalue weighted by molar-refractivity contribution is -0.123. The lowest BCUT2D eigenvalue weighted by Gasteiger charge is -2.30. The zero-order chi connectivity index (χ0) is 18.5. The maximum atomic E-state index is 11.2. The fraction of sp³-hybridized carbons (Fsp3) is 0.895. The molecule has 6 heteroatoms. The van der Waals surface area contributed by atoms with Crippen LogP contribution >= 0.6 is 0 Å². The summed E-state index contributed by atoms with van der Waals surface area (Å²) >= 11 is 0. The topological polar surface area (TPSA) is 82.8 Å². The molecule has 0 atom stereocenters. The van der Waals surface area contributed by atoms with Crippen molar-refractivity contribution >= 4 is 11.9 Å². The van der Waals surface area contributed by atoms with Gasteiger partial charge in [-0.15, -0.1) is 0 Å². The van der Waals surface area contributed by atoms with Gasteiger partial charge in [0, 0.05) is 25.6 Å². The molecule has 0 aromatic carbocycles. The van der Waals surface area contributed by atoms with Crippen molar-refractivity contribution in [1.29, 1.82) is 0 Å². The van der Waals surface area contributed by atoms with Gasteiger partial charge in [0.1, 0.15) is 0 Å². The predicted molar refractivity (Wildman–Crippen MR) is 106 cm³/mol. The van der Waals surface area contributed by atoms with Gasteiger partial charge in [-0.1, -0.05) is 13.8 Å². The molecule has 0 aliphatic carbocycles. The van der Waals surface area contributed by atoms with Crippen LogP contribution in [0.15, 0.2) is 4.99 Å². The Morgan fingerprint density at radius 3 is 2.52 bits per heavy atom. The molecule has 1 aliphatic heterocycles. The maximum absolute atomic E-state index is 11.2. The number of carbonyl (C=O) groups excluding carboxylic acids is 1. The van der Waals surface area contributed by atoms with Crippen molar-refractivity contribution in [3.8, 4) is 0 Å². The van der Waals surface area contributed by atoms with E-state index in [-0.39, 0.29) is 11.8 Å². The smallest absolute Gasteiger partial charge is 0.220 e. The molecule has 0 spiro atoms. The summed E-state index contributed by atoms with van der Waals surface area (Å²) in [5.74, 6) is 1.65. The van der Waals surface area contributed by atoms with E-state index < -0.39 is 0 Å². The van der Waals surface area contributed by atoms with Gasteiger partial charge in [-0.25, -0.2) is 0 Å². The van der Waals surface area contributed by atoms with Gasteiger partial charge in [-0.3, -0.25) is 9.79 Å². The Kier molecular flexibility index (Phi) is 11.3. The first-order valence-electron chi connectivity index (χ1n) is 10.1. The van der Waals surface area contributed by atoms with Crippen molar-refractivity contribution in [2.45, 2.75) is 59.3 Å². The molecule has 0 saturated carbocycles. The number of hydrogen-bond donors (Lipinski definition) is 3. The number of guanidine groups is 1. The first kappa shape index (κ1) is 21.7. The van der Waals surface area contributed by atoms with Crippen molar-refractivity contribution in [2.75, 3.05) is 39.3 Å². The van der Waals surface area contributed by atoms with Crippen LogP contribution in [-0.4, -0.2) is 56.0 Å². The van der Waals surface area contributed by atoms with E-state index in [0.29, 0.717) is 0 Å². The second kappa shape index (κ2) is 13.0. The Morgan fingerprint density at radius 2 is 1.92 bits per heavy atom. The predicted octanol–water partition coefficient (Wildman–Crippen LogP) is 1.96. The number of primary amides is 1. The molecule has 25 heavy (non-hydrogen) atoms. The van der Waals surface area contributed by atoms with Gasteiger partial charge in [-0.2, -0.15) is 0 Å². The van der Waals surface area contributed by atoms with Crippen LogP contribution in [-0.2, 0) is 4.79 Å². The molecular weight excluding hydrogens is 314 g/mol. The van der Waals surface area contributed by atoms with Crippen LogP contribution in [0.2, 0.25) is 0 Å². The van der Waals surface area contributed by atoms with E-state index in [1.165, 1.54) is 12.8 Å². The van der Waals surface area contributed by atoms with E-state index in [9.17, 15) is 4.79 Å². The van der Waals surface area contributed by atoms with Crippen LogP contribution in [0.25, 0.3) is 0 Å². The Morgan fingerprint density at radius 1 is 1.20 bits per heavy atom. The molecule has 6 nitrogen and oxygen atoms in total. The summed E-state index contributed by atoms with van der Waals surface area (Å²) in [6, 6.07) is 0. The molecule has 1 fully saturated rings. The Balaban J connectivity index is 2.11. The van der Waals surface area contributed by atoms with Gasteiger partial charge in [0.2, 0.25) is 5.91 Å². The lowest BCUT2D eigenvalue weighted by Crippen LogP contribution is -2.39. The molecule has 146 valence electrons. The average Bonchev–Trinajstić information content (AvgIpc) is 2.58. The number of hydrogen-bond acceptors (Lipinski definition) is 3. The van der Waals surface area contributed by atoms with Crippen molar-refractivity contribution in [1.82, 2.24) is 15.5 Å². The van der Waals surface area contributed by atoms with Crippen molar-refractivity contribution in [3.63, 3.8) is 0 Å².